The molecule has 0 aromatic carbocycles. The number of furan rings is 1. The lowest BCUT2D eigenvalue weighted by molar-refractivity contribution is 0.387. The quantitative estimate of drug-likeness (QED) is 0.755. The highest BCUT2D eigenvalue weighted by Gasteiger charge is 2.10. The van der Waals surface area contributed by atoms with Gasteiger partial charge in [-0.2, -0.15) is 0 Å². The second kappa shape index (κ2) is 5.07. The van der Waals surface area contributed by atoms with Gasteiger partial charge in [0.25, 0.3) is 0 Å². The van der Waals surface area contributed by atoms with Crippen molar-refractivity contribution in [3.05, 3.63) is 24.2 Å². The number of hydrogen-bond donors (Lipinski definition) is 1. The molecule has 1 unspecified atom stereocenters. The summed E-state index contributed by atoms with van der Waals surface area (Å²) in [6, 6.07) is 4.82. The van der Waals surface area contributed by atoms with Crippen LogP contribution in [0.15, 0.2) is 22.8 Å². The zero-order chi connectivity index (χ0) is 9.68. The Morgan fingerprint density at radius 1 is 1.46 bits per heavy atom. The van der Waals surface area contributed by atoms with E-state index in [0.717, 1.165) is 5.76 Å². The fourth-order valence-electron chi connectivity index (χ4n) is 1.56. The molecule has 1 N–H and O–H groups in total. The molecule has 1 rings (SSSR count). The third kappa shape index (κ3) is 3.23. The Morgan fingerprint density at radius 3 is 2.77 bits per heavy atom. The first-order chi connectivity index (χ1) is 6.24. The van der Waals surface area contributed by atoms with E-state index in [-0.39, 0.29) is 0 Å². The van der Waals surface area contributed by atoms with Crippen LogP contribution in [0.2, 0.25) is 0 Å². The second-order valence-electron chi connectivity index (χ2n) is 3.59. The van der Waals surface area contributed by atoms with E-state index in [0.29, 0.717) is 12.1 Å². The molecule has 0 amide bonds. The Balaban J connectivity index is 2.37. The Kier molecular flexibility index (Phi) is 4.03. The van der Waals surface area contributed by atoms with Crippen LogP contribution < -0.4 is 5.32 Å². The predicted octanol–water partition coefficient (Wildman–Crippen LogP) is 3.12. The van der Waals surface area contributed by atoms with Gasteiger partial charge in [-0.1, -0.05) is 13.3 Å². The fraction of sp³-hybridized carbons (Fsp3) is 0.636. The van der Waals surface area contributed by atoms with E-state index >= 15 is 0 Å². The normalized spacial score (nSPS) is 15.6. The highest BCUT2D eigenvalue weighted by molar-refractivity contribution is 5.03. The molecule has 1 aromatic heterocycles. The molecule has 2 atom stereocenters. The summed E-state index contributed by atoms with van der Waals surface area (Å²) in [5.74, 6) is 1.02. The van der Waals surface area contributed by atoms with E-state index in [4.69, 9.17) is 4.42 Å². The highest BCUT2D eigenvalue weighted by atomic mass is 16.3. The summed E-state index contributed by atoms with van der Waals surface area (Å²) in [7, 11) is 0. The van der Waals surface area contributed by atoms with Crippen LogP contribution in [-0.4, -0.2) is 6.04 Å². The van der Waals surface area contributed by atoms with E-state index in [1.54, 1.807) is 6.26 Å². The van der Waals surface area contributed by atoms with Gasteiger partial charge in [-0.15, -0.1) is 0 Å². The van der Waals surface area contributed by atoms with E-state index < -0.39 is 0 Å². The van der Waals surface area contributed by atoms with E-state index in [9.17, 15) is 0 Å². The average Bonchev–Trinajstić information content (AvgIpc) is 2.55. The van der Waals surface area contributed by atoms with Crippen LogP contribution in [0.3, 0.4) is 0 Å². The maximum atomic E-state index is 5.31. The molecule has 0 saturated heterocycles. The van der Waals surface area contributed by atoms with Crippen molar-refractivity contribution in [2.24, 2.45) is 0 Å². The van der Waals surface area contributed by atoms with Crippen molar-refractivity contribution in [1.29, 1.82) is 0 Å². The maximum absolute atomic E-state index is 5.31. The van der Waals surface area contributed by atoms with Crippen LogP contribution in [0, 0.1) is 0 Å². The maximum Gasteiger partial charge on any atom is 0.120 e. The summed E-state index contributed by atoms with van der Waals surface area (Å²) < 4.78 is 5.31. The Labute approximate surface area is 80.3 Å². The molecule has 0 bridgehead atoms. The van der Waals surface area contributed by atoms with Gasteiger partial charge in [-0.25, -0.2) is 0 Å². The van der Waals surface area contributed by atoms with Gasteiger partial charge in [0.15, 0.2) is 0 Å². The molecule has 1 aromatic rings. The Bertz CT molecular complexity index is 218. The van der Waals surface area contributed by atoms with Gasteiger partial charge in [0.1, 0.15) is 5.76 Å². The van der Waals surface area contributed by atoms with Crippen molar-refractivity contribution in [3.63, 3.8) is 0 Å². The minimum absolute atomic E-state index is 0.316. The molecular weight excluding hydrogens is 162 g/mol. The van der Waals surface area contributed by atoms with Crippen LogP contribution in [0.5, 0.6) is 0 Å². The monoisotopic (exact) mass is 181 g/mol. The number of nitrogens with one attached hydrogen (secondary N) is 1. The van der Waals surface area contributed by atoms with Crippen LogP contribution in [0.25, 0.3) is 0 Å². The van der Waals surface area contributed by atoms with Gasteiger partial charge < -0.3 is 9.73 Å². The molecule has 0 fully saturated rings. The smallest absolute Gasteiger partial charge is 0.120 e. The first-order valence-electron chi connectivity index (χ1n) is 5.03. The lowest BCUT2D eigenvalue weighted by Gasteiger charge is -2.17. The molecule has 0 saturated carbocycles. The summed E-state index contributed by atoms with van der Waals surface area (Å²) >= 11 is 0. The van der Waals surface area contributed by atoms with Crippen LogP contribution in [0.1, 0.15) is 45.4 Å². The molecule has 2 nitrogen and oxygen atoms in total. The van der Waals surface area contributed by atoms with Crippen LogP contribution in [0.4, 0.5) is 0 Å². The minimum Gasteiger partial charge on any atom is -0.468 e. The van der Waals surface area contributed by atoms with Crippen molar-refractivity contribution in [3.8, 4) is 0 Å². The Hall–Kier alpha value is -0.760. The first-order valence-corrected chi connectivity index (χ1v) is 5.03. The largest absolute Gasteiger partial charge is 0.468 e. The predicted molar refractivity (Wildman–Crippen MR) is 54.6 cm³/mol. The van der Waals surface area contributed by atoms with Crippen LogP contribution in [-0.2, 0) is 0 Å². The number of hydrogen-bond acceptors (Lipinski definition) is 2. The van der Waals surface area contributed by atoms with Gasteiger partial charge in [0.05, 0.1) is 12.3 Å². The first kappa shape index (κ1) is 10.3. The standard InChI is InChI=1S/C11H19NO/c1-4-6-9(2)12-10(3)11-7-5-8-13-11/h5,7-10,12H,4,6H2,1-3H3/t9?,10-/m0/s1. The molecule has 74 valence electrons. The van der Waals surface area contributed by atoms with Gasteiger partial charge in [0.2, 0.25) is 0 Å². The molecule has 0 aliphatic carbocycles. The zero-order valence-corrected chi connectivity index (χ0v) is 8.71. The fourth-order valence-corrected chi connectivity index (χ4v) is 1.56. The highest BCUT2D eigenvalue weighted by Crippen LogP contribution is 2.13. The van der Waals surface area contributed by atoms with Crippen LogP contribution >= 0.6 is 0 Å². The summed E-state index contributed by atoms with van der Waals surface area (Å²) in [6.07, 6.45) is 4.15. The Morgan fingerprint density at radius 2 is 2.23 bits per heavy atom. The van der Waals surface area contributed by atoms with E-state index in [2.05, 4.69) is 26.1 Å². The zero-order valence-electron chi connectivity index (χ0n) is 8.71. The molecule has 0 radical (unpaired) electrons. The summed E-state index contributed by atoms with van der Waals surface area (Å²) in [4.78, 5) is 0. The topological polar surface area (TPSA) is 25.2 Å². The summed E-state index contributed by atoms with van der Waals surface area (Å²) in [6.45, 7) is 6.55. The van der Waals surface area contributed by atoms with Gasteiger partial charge in [-0.05, 0) is 32.4 Å². The molecule has 0 aliphatic rings. The van der Waals surface area contributed by atoms with Crippen molar-refractivity contribution < 1.29 is 4.42 Å². The van der Waals surface area contributed by atoms with Crippen molar-refractivity contribution >= 4 is 0 Å². The molecule has 1 heterocycles. The summed E-state index contributed by atoms with van der Waals surface area (Å²) in [5.41, 5.74) is 0. The van der Waals surface area contributed by atoms with Crippen molar-refractivity contribution in [1.82, 2.24) is 5.32 Å². The molecular formula is C11H19NO. The third-order valence-corrected chi connectivity index (χ3v) is 2.23. The average molecular weight is 181 g/mol. The lowest BCUT2D eigenvalue weighted by Crippen LogP contribution is -2.28. The second-order valence-corrected chi connectivity index (χ2v) is 3.59. The lowest BCUT2D eigenvalue weighted by atomic mass is 10.1. The SMILES string of the molecule is CCCC(C)N[C@@H](C)c1ccco1. The summed E-state index contributed by atoms with van der Waals surface area (Å²) in [5, 5.41) is 3.49. The van der Waals surface area contributed by atoms with E-state index in [1.165, 1.54) is 12.8 Å². The third-order valence-electron chi connectivity index (χ3n) is 2.23. The van der Waals surface area contributed by atoms with Gasteiger partial charge >= 0.3 is 0 Å². The van der Waals surface area contributed by atoms with Gasteiger partial charge in [0, 0.05) is 6.04 Å². The molecule has 0 aliphatic heterocycles. The van der Waals surface area contributed by atoms with E-state index in [1.807, 2.05) is 12.1 Å². The number of rotatable bonds is 5. The van der Waals surface area contributed by atoms with Gasteiger partial charge in [-0.3, -0.25) is 0 Å². The molecule has 13 heavy (non-hydrogen) atoms. The minimum atomic E-state index is 0.316. The molecule has 2 heteroatoms. The van der Waals surface area contributed by atoms with Crippen molar-refractivity contribution in [2.75, 3.05) is 0 Å². The van der Waals surface area contributed by atoms with Crippen molar-refractivity contribution in [2.45, 2.75) is 45.7 Å². The molecule has 0 spiro atoms.